The zero-order valence-corrected chi connectivity index (χ0v) is 13.9. The molecule has 2 N–H and O–H groups in total. The maximum absolute atomic E-state index is 9.69. The number of hydrogen-bond acceptors (Lipinski definition) is 7. The highest BCUT2D eigenvalue weighted by molar-refractivity contribution is 5.81. The van der Waals surface area contributed by atoms with Crippen molar-refractivity contribution >= 4 is 28.0 Å². The fraction of sp³-hybridized carbons (Fsp3) is 0.278. The number of pyridine rings is 1. The fourth-order valence-corrected chi connectivity index (χ4v) is 3.44. The van der Waals surface area contributed by atoms with Crippen LogP contribution in [-0.2, 0) is 0 Å². The van der Waals surface area contributed by atoms with E-state index in [9.17, 15) is 5.11 Å². The molecule has 130 valence electrons. The quantitative estimate of drug-likeness (QED) is 0.585. The van der Waals surface area contributed by atoms with E-state index in [0.717, 1.165) is 35.9 Å². The Morgan fingerprint density at radius 2 is 2.08 bits per heavy atom. The van der Waals surface area contributed by atoms with E-state index < -0.39 is 0 Å². The first-order valence-corrected chi connectivity index (χ1v) is 8.64. The molecular formula is C18H17N7O. The van der Waals surface area contributed by atoms with E-state index in [1.807, 2.05) is 30.3 Å². The van der Waals surface area contributed by atoms with Gasteiger partial charge < -0.3 is 10.4 Å². The molecule has 0 radical (unpaired) electrons. The van der Waals surface area contributed by atoms with E-state index >= 15 is 0 Å². The number of aliphatic hydroxyl groups excluding tert-OH is 1. The molecule has 8 nitrogen and oxygen atoms in total. The average molecular weight is 347 g/mol. The maximum Gasteiger partial charge on any atom is 0.225 e. The number of rotatable bonds is 3. The summed E-state index contributed by atoms with van der Waals surface area (Å²) in [6.07, 6.45) is 5.65. The van der Waals surface area contributed by atoms with Crippen LogP contribution < -0.4 is 5.32 Å². The maximum atomic E-state index is 9.69. The molecule has 26 heavy (non-hydrogen) atoms. The monoisotopic (exact) mass is 347 g/mol. The van der Waals surface area contributed by atoms with Crippen molar-refractivity contribution in [1.82, 2.24) is 29.9 Å². The summed E-state index contributed by atoms with van der Waals surface area (Å²) in [5.41, 5.74) is 3.07. The topological polar surface area (TPSA) is 102 Å². The van der Waals surface area contributed by atoms with Crippen molar-refractivity contribution in [3.63, 3.8) is 0 Å². The highest BCUT2D eigenvalue weighted by Gasteiger charge is 2.23. The third-order valence-electron chi connectivity index (χ3n) is 4.76. The van der Waals surface area contributed by atoms with Crippen LogP contribution in [0.5, 0.6) is 0 Å². The number of aromatic nitrogens is 6. The lowest BCUT2D eigenvalue weighted by Crippen LogP contribution is -2.18. The van der Waals surface area contributed by atoms with Crippen LogP contribution in [-0.4, -0.2) is 47.2 Å². The molecule has 5 rings (SSSR count). The first-order valence-electron chi connectivity index (χ1n) is 8.64. The van der Waals surface area contributed by atoms with Crippen LogP contribution in [0.2, 0.25) is 0 Å². The Balaban J connectivity index is 1.53. The summed E-state index contributed by atoms with van der Waals surface area (Å²) in [5.74, 6) is 0.530. The highest BCUT2D eigenvalue weighted by Crippen LogP contribution is 2.23. The van der Waals surface area contributed by atoms with Gasteiger partial charge in [-0.25, -0.2) is 4.98 Å². The lowest BCUT2D eigenvalue weighted by molar-refractivity contribution is 0.182. The third-order valence-corrected chi connectivity index (χ3v) is 4.76. The van der Waals surface area contributed by atoms with Gasteiger partial charge in [0.05, 0.1) is 23.5 Å². The zero-order valence-electron chi connectivity index (χ0n) is 13.9. The van der Waals surface area contributed by atoms with Crippen LogP contribution in [0.3, 0.4) is 0 Å². The first-order chi connectivity index (χ1) is 12.8. The Hall–Kier alpha value is -3.13. The van der Waals surface area contributed by atoms with Gasteiger partial charge in [-0.15, -0.1) is 5.10 Å². The lowest BCUT2D eigenvalue weighted by atomic mass is 10.2. The molecule has 0 amide bonds. The Morgan fingerprint density at radius 1 is 1.12 bits per heavy atom. The van der Waals surface area contributed by atoms with Crippen molar-refractivity contribution < 1.29 is 5.11 Å². The summed E-state index contributed by atoms with van der Waals surface area (Å²) in [6, 6.07) is 10.0. The van der Waals surface area contributed by atoms with E-state index in [2.05, 4.69) is 30.6 Å². The van der Waals surface area contributed by atoms with Crippen molar-refractivity contribution in [1.29, 1.82) is 0 Å². The number of benzene rings is 1. The van der Waals surface area contributed by atoms with Crippen LogP contribution in [0.15, 0.2) is 42.7 Å². The Morgan fingerprint density at radius 3 is 2.96 bits per heavy atom. The molecule has 1 aliphatic rings. The second kappa shape index (κ2) is 5.99. The molecule has 1 saturated carbocycles. The third kappa shape index (κ3) is 2.64. The molecule has 0 aliphatic heterocycles. The molecular weight excluding hydrogens is 330 g/mol. The van der Waals surface area contributed by atoms with Gasteiger partial charge in [0.1, 0.15) is 0 Å². The number of aliphatic hydroxyl groups is 1. The first kappa shape index (κ1) is 15.2. The molecule has 0 spiro atoms. The summed E-state index contributed by atoms with van der Waals surface area (Å²) < 4.78 is 1.71. The highest BCUT2D eigenvalue weighted by atomic mass is 16.3. The second-order valence-corrected chi connectivity index (χ2v) is 6.59. The minimum absolute atomic E-state index is 0.193. The van der Waals surface area contributed by atoms with Crippen LogP contribution in [0.1, 0.15) is 19.3 Å². The van der Waals surface area contributed by atoms with Gasteiger partial charge in [-0.2, -0.15) is 9.67 Å². The van der Waals surface area contributed by atoms with E-state index in [1.165, 1.54) is 0 Å². The van der Waals surface area contributed by atoms with Crippen molar-refractivity contribution in [2.45, 2.75) is 31.4 Å². The second-order valence-electron chi connectivity index (χ2n) is 6.59. The summed E-state index contributed by atoms with van der Waals surface area (Å²) in [6.45, 7) is 0. The molecule has 3 aromatic heterocycles. The Bertz CT molecular complexity index is 1090. The van der Waals surface area contributed by atoms with Crippen molar-refractivity contribution in [3.8, 4) is 5.69 Å². The molecule has 2 atom stereocenters. The molecule has 0 bridgehead atoms. The van der Waals surface area contributed by atoms with Gasteiger partial charge in [0.25, 0.3) is 0 Å². The van der Waals surface area contributed by atoms with Crippen molar-refractivity contribution in [2.75, 3.05) is 5.32 Å². The molecule has 1 aromatic carbocycles. The number of hydrogen-bond donors (Lipinski definition) is 2. The van der Waals surface area contributed by atoms with Gasteiger partial charge in [0, 0.05) is 17.6 Å². The van der Waals surface area contributed by atoms with Crippen LogP contribution in [0.25, 0.3) is 27.8 Å². The van der Waals surface area contributed by atoms with E-state index in [0.29, 0.717) is 17.1 Å². The summed E-state index contributed by atoms with van der Waals surface area (Å²) in [4.78, 5) is 13.3. The van der Waals surface area contributed by atoms with Crippen molar-refractivity contribution in [3.05, 3.63) is 42.7 Å². The van der Waals surface area contributed by atoms with Crippen LogP contribution in [0.4, 0.5) is 5.95 Å². The van der Waals surface area contributed by atoms with Gasteiger partial charge in [-0.1, -0.05) is 11.3 Å². The molecule has 0 saturated heterocycles. The standard InChI is InChI=1S/C18H17N7O/c26-14-5-3-12(9-14)21-18-20-10-16-17(22-18)25(24-23-16)13-4-6-15-11(8-13)2-1-7-19-15/h1-2,4,6-8,10,12,14,26H,3,5,9H2,(H,20,21,22). The molecule has 4 aromatic rings. The number of nitrogens with zero attached hydrogens (tertiary/aromatic N) is 6. The number of fused-ring (bicyclic) bond motifs is 2. The van der Waals surface area contributed by atoms with E-state index in [-0.39, 0.29) is 12.1 Å². The minimum atomic E-state index is -0.241. The Labute approximate surface area is 148 Å². The molecule has 8 heteroatoms. The minimum Gasteiger partial charge on any atom is -0.393 e. The zero-order chi connectivity index (χ0) is 17.5. The van der Waals surface area contributed by atoms with Gasteiger partial charge in [0.2, 0.25) is 5.95 Å². The van der Waals surface area contributed by atoms with Gasteiger partial charge in [0.15, 0.2) is 11.2 Å². The van der Waals surface area contributed by atoms with Crippen LogP contribution >= 0.6 is 0 Å². The molecule has 2 unspecified atom stereocenters. The normalized spacial score (nSPS) is 20.0. The predicted octanol–water partition coefficient (Wildman–Crippen LogP) is 2.08. The van der Waals surface area contributed by atoms with Crippen LogP contribution in [0, 0.1) is 0 Å². The number of nitrogens with one attached hydrogen (secondary N) is 1. The summed E-state index contributed by atoms with van der Waals surface area (Å²) >= 11 is 0. The largest absolute Gasteiger partial charge is 0.393 e. The summed E-state index contributed by atoms with van der Waals surface area (Å²) in [7, 11) is 0. The Kier molecular flexibility index (Phi) is 3.49. The van der Waals surface area contributed by atoms with Gasteiger partial charge in [-0.05, 0) is 43.5 Å². The molecule has 3 heterocycles. The number of anilines is 1. The van der Waals surface area contributed by atoms with E-state index in [4.69, 9.17) is 0 Å². The molecule has 1 fully saturated rings. The summed E-state index contributed by atoms with van der Waals surface area (Å²) in [5, 5.41) is 22.4. The fourth-order valence-electron chi connectivity index (χ4n) is 3.44. The average Bonchev–Trinajstić information content (AvgIpc) is 3.27. The van der Waals surface area contributed by atoms with Gasteiger partial charge >= 0.3 is 0 Å². The predicted molar refractivity (Wildman–Crippen MR) is 97.0 cm³/mol. The molecule has 1 aliphatic carbocycles. The van der Waals surface area contributed by atoms with Gasteiger partial charge in [-0.3, -0.25) is 4.98 Å². The van der Waals surface area contributed by atoms with E-state index in [1.54, 1.807) is 17.1 Å². The van der Waals surface area contributed by atoms with Crippen molar-refractivity contribution in [2.24, 2.45) is 0 Å². The SMILES string of the molecule is OC1CCC(Nc2ncc3nnn(-c4ccc5ncccc5c4)c3n2)C1. The lowest BCUT2D eigenvalue weighted by Gasteiger charge is -2.11. The smallest absolute Gasteiger partial charge is 0.225 e.